The van der Waals surface area contributed by atoms with E-state index in [1.165, 1.54) is 0 Å². The van der Waals surface area contributed by atoms with Crippen LogP contribution in [0.25, 0.3) is 11.6 Å². The van der Waals surface area contributed by atoms with Crippen molar-refractivity contribution in [3.8, 4) is 17.7 Å². The summed E-state index contributed by atoms with van der Waals surface area (Å²) in [4.78, 5) is 18.6. The molecule has 0 radical (unpaired) electrons. The lowest BCUT2D eigenvalue weighted by Gasteiger charge is -2.31. The molecule has 4 rings (SSSR count). The molecule has 0 N–H and O–H groups in total. The second-order valence-corrected chi connectivity index (χ2v) is 6.44. The molecule has 0 aliphatic carbocycles. The molecule has 3 heterocycles. The summed E-state index contributed by atoms with van der Waals surface area (Å²) < 4.78 is 6.92. The highest BCUT2D eigenvalue weighted by molar-refractivity contribution is 5.94. The first kappa shape index (κ1) is 16.9. The van der Waals surface area contributed by atoms with Gasteiger partial charge in [0.05, 0.1) is 23.9 Å². The molecular weight excluding hydrogens is 346 g/mol. The number of aryl methyl sites for hydroxylation is 1. The number of likely N-dealkylation sites (tertiary alicyclic amines) is 1. The fourth-order valence-corrected chi connectivity index (χ4v) is 3.16. The number of rotatable bonds is 3. The average molecular weight is 363 g/mol. The molecule has 0 spiro atoms. The molecule has 0 unspecified atom stereocenters. The van der Waals surface area contributed by atoms with Gasteiger partial charge in [0.1, 0.15) is 0 Å². The average Bonchev–Trinajstić information content (AvgIpc) is 3.37. The fraction of sp³-hybridized carbons (Fsp3) is 0.333. The van der Waals surface area contributed by atoms with Gasteiger partial charge in [-0.05, 0) is 44.0 Å². The minimum Gasteiger partial charge on any atom is -0.338 e. The van der Waals surface area contributed by atoms with Crippen molar-refractivity contribution in [3.05, 3.63) is 47.4 Å². The molecule has 1 amide bonds. The lowest BCUT2D eigenvalue weighted by Crippen LogP contribution is -2.39. The maximum Gasteiger partial charge on any atom is 0.280 e. The number of nitriles is 1. The molecule has 1 aromatic carbocycles. The van der Waals surface area contributed by atoms with Crippen molar-refractivity contribution < 1.29 is 9.32 Å². The van der Waals surface area contributed by atoms with E-state index in [4.69, 9.17) is 9.78 Å². The predicted molar refractivity (Wildman–Crippen MR) is 93.4 cm³/mol. The van der Waals surface area contributed by atoms with E-state index in [0.717, 1.165) is 12.8 Å². The zero-order valence-electron chi connectivity index (χ0n) is 14.7. The molecule has 0 atom stereocenters. The van der Waals surface area contributed by atoms with Crippen molar-refractivity contribution in [2.45, 2.75) is 25.8 Å². The van der Waals surface area contributed by atoms with E-state index in [9.17, 15) is 4.79 Å². The van der Waals surface area contributed by atoms with Gasteiger partial charge in [0.15, 0.2) is 11.5 Å². The molecule has 9 nitrogen and oxygen atoms in total. The van der Waals surface area contributed by atoms with E-state index in [0.29, 0.717) is 41.6 Å². The number of carbonyl (C=O) groups is 1. The quantitative estimate of drug-likeness (QED) is 0.699. The summed E-state index contributed by atoms with van der Waals surface area (Å²) in [5.74, 6) is 0.889. The second kappa shape index (κ2) is 6.99. The minimum atomic E-state index is -0.0152. The Labute approximate surface area is 155 Å². The Hall–Kier alpha value is -3.54. The van der Waals surface area contributed by atoms with Crippen LogP contribution in [0.1, 0.15) is 40.6 Å². The Morgan fingerprint density at radius 1 is 1.26 bits per heavy atom. The molecule has 27 heavy (non-hydrogen) atoms. The van der Waals surface area contributed by atoms with Crippen LogP contribution in [-0.4, -0.2) is 49.0 Å². The van der Waals surface area contributed by atoms with Crippen molar-refractivity contribution in [1.29, 1.82) is 5.26 Å². The Morgan fingerprint density at radius 2 is 2.00 bits per heavy atom. The normalized spacial score (nSPS) is 14.9. The monoisotopic (exact) mass is 363 g/mol. The molecular formula is C18H17N7O2. The van der Waals surface area contributed by atoms with Crippen LogP contribution in [0.2, 0.25) is 0 Å². The maximum absolute atomic E-state index is 12.6. The SMILES string of the molecule is Cc1noc(-c2cn(C3CCN(C(=O)c4ccc(C#N)cc4)CC3)nn2)n1. The summed E-state index contributed by atoms with van der Waals surface area (Å²) >= 11 is 0. The van der Waals surface area contributed by atoms with Crippen LogP contribution in [0, 0.1) is 18.3 Å². The van der Waals surface area contributed by atoms with Crippen LogP contribution in [0.4, 0.5) is 0 Å². The third kappa shape index (κ3) is 3.42. The fourth-order valence-electron chi connectivity index (χ4n) is 3.16. The third-order valence-corrected chi connectivity index (χ3v) is 4.64. The molecule has 1 aliphatic rings. The van der Waals surface area contributed by atoms with Crippen molar-refractivity contribution in [2.75, 3.05) is 13.1 Å². The maximum atomic E-state index is 12.6. The molecule has 136 valence electrons. The van der Waals surface area contributed by atoms with E-state index >= 15 is 0 Å². The van der Waals surface area contributed by atoms with Gasteiger partial charge in [0.2, 0.25) is 0 Å². The topological polar surface area (TPSA) is 114 Å². The highest BCUT2D eigenvalue weighted by atomic mass is 16.5. The molecule has 1 saturated heterocycles. The van der Waals surface area contributed by atoms with Crippen molar-refractivity contribution >= 4 is 5.91 Å². The Kier molecular flexibility index (Phi) is 4.38. The van der Waals surface area contributed by atoms with Gasteiger partial charge >= 0.3 is 0 Å². The standard InChI is InChI=1S/C18H17N7O2/c1-12-20-17(27-22-12)16-11-25(23-21-16)15-6-8-24(9-7-15)18(26)14-4-2-13(10-19)3-5-14/h2-5,11,15H,6-9H2,1H3. The molecule has 9 heteroatoms. The van der Waals surface area contributed by atoms with Crippen LogP contribution >= 0.6 is 0 Å². The van der Waals surface area contributed by atoms with Crippen LogP contribution in [-0.2, 0) is 0 Å². The molecule has 1 aliphatic heterocycles. The number of aromatic nitrogens is 5. The van der Waals surface area contributed by atoms with Gasteiger partial charge < -0.3 is 9.42 Å². The summed E-state index contributed by atoms with van der Waals surface area (Å²) in [6.07, 6.45) is 3.37. The first-order valence-electron chi connectivity index (χ1n) is 8.66. The molecule has 3 aromatic rings. The van der Waals surface area contributed by atoms with Gasteiger partial charge in [-0.25, -0.2) is 4.68 Å². The van der Waals surface area contributed by atoms with Crippen molar-refractivity contribution in [3.63, 3.8) is 0 Å². The van der Waals surface area contributed by atoms with Crippen LogP contribution in [0.5, 0.6) is 0 Å². The van der Waals surface area contributed by atoms with Crippen molar-refractivity contribution in [2.24, 2.45) is 0 Å². The first-order chi connectivity index (χ1) is 13.1. The zero-order valence-corrected chi connectivity index (χ0v) is 14.7. The minimum absolute atomic E-state index is 0.0152. The van der Waals surface area contributed by atoms with E-state index in [-0.39, 0.29) is 11.9 Å². The second-order valence-electron chi connectivity index (χ2n) is 6.44. The van der Waals surface area contributed by atoms with E-state index < -0.39 is 0 Å². The highest BCUT2D eigenvalue weighted by Crippen LogP contribution is 2.24. The van der Waals surface area contributed by atoms with Crippen molar-refractivity contribution in [1.82, 2.24) is 30.0 Å². The molecule has 0 bridgehead atoms. The number of hydrogen-bond acceptors (Lipinski definition) is 7. The summed E-state index contributed by atoms with van der Waals surface area (Å²) in [5.41, 5.74) is 1.69. The van der Waals surface area contributed by atoms with E-state index in [2.05, 4.69) is 26.5 Å². The van der Waals surface area contributed by atoms with Gasteiger partial charge in [0.25, 0.3) is 11.8 Å². The molecule has 1 fully saturated rings. The summed E-state index contributed by atoms with van der Waals surface area (Å²) in [7, 11) is 0. The summed E-state index contributed by atoms with van der Waals surface area (Å²) in [6, 6.07) is 8.94. The molecule has 2 aromatic heterocycles. The smallest absolute Gasteiger partial charge is 0.280 e. The summed E-state index contributed by atoms with van der Waals surface area (Å²) in [5, 5.41) is 20.9. The number of amides is 1. The van der Waals surface area contributed by atoms with Gasteiger partial charge in [0, 0.05) is 18.7 Å². The van der Waals surface area contributed by atoms with Gasteiger partial charge in [-0.1, -0.05) is 10.4 Å². The third-order valence-electron chi connectivity index (χ3n) is 4.64. The Bertz CT molecular complexity index is 991. The number of hydrogen-bond donors (Lipinski definition) is 0. The van der Waals surface area contributed by atoms with E-state index in [1.54, 1.807) is 42.1 Å². The molecule has 0 saturated carbocycles. The van der Waals surface area contributed by atoms with Crippen LogP contribution < -0.4 is 0 Å². The lowest BCUT2D eigenvalue weighted by molar-refractivity contribution is 0.0689. The number of carbonyl (C=O) groups excluding carboxylic acids is 1. The Morgan fingerprint density at radius 3 is 2.63 bits per heavy atom. The largest absolute Gasteiger partial charge is 0.338 e. The zero-order chi connectivity index (χ0) is 18.8. The van der Waals surface area contributed by atoms with Gasteiger partial charge in [-0.3, -0.25) is 4.79 Å². The number of nitrogens with zero attached hydrogens (tertiary/aromatic N) is 7. The Balaban J connectivity index is 1.39. The van der Waals surface area contributed by atoms with Gasteiger partial charge in [-0.15, -0.1) is 5.10 Å². The lowest BCUT2D eigenvalue weighted by atomic mass is 10.0. The van der Waals surface area contributed by atoms with Crippen LogP contribution in [0.15, 0.2) is 35.0 Å². The number of piperidine rings is 1. The first-order valence-corrected chi connectivity index (χ1v) is 8.66. The number of benzene rings is 1. The highest BCUT2D eigenvalue weighted by Gasteiger charge is 2.26. The van der Waals surface area contributed by atoms with E-state index in [1.807, 2.05) is 4.90 Å². The summed E-state index contributed by atoms with van der Waals surface area (Å²) in [6.45, 7) is 3.02. The van der Waals surface area contributed by atoms with Crippen LogP contribution in [0.3, 0.4) is 0 Å². The predicted octanol–water partition coefficient (Wildman–Crippen LogP) is 1.99. The van der Waals surface area contributed by atoms with Gasteiger partial charge in [-0.2, -0.15) is 10.2 Å².